The smallest absolute Gasteiger partial charge is 0.224 e. The Labute approximate surface area is 179 Å². The Hall–Kier alpha value is -2.40. The van der Waals surface area contributed by atoms with Crippen molar-refractivity contribution in [3.8, 4) is 5.75 Å². The standard InChI is InChI=1S/C25H33FN2O2/c1-25(2,3)22-8-4-5-9-23(22)30-16-14-27-24(29)20-7-6-15-28(18-20)17-19-10-12-21(26)13-11-19/h4-5,8-13,20H,6-7,14-18H2,1-3H3,(H,27,29). The van der Waals surface area contributed by atoms with Gasteiger partial charge in [-0.15, -0.1) is 0 Å². The minimum absolute atomic E-state index is 0.00984. The predicted octanol–water partition coefficient (Wildman–Crippen LogP) is 4.53. The number of hydrogen-bond acceptors (Lipinski definition) is 3. The molecule has 1 atom stereocenters. The molecular formula is C25H33FN2O2. The summed E-state index contributed by atoms with van der Waals surface area (Å²) in [7, 11) is 0. The van der Waals surface area contributed by atoms with E-state index in [0.29, 0.717) is 13.2 Å². The molecule has 1 fully saturated rings. The van der Waals surface area contributed by atoms with Gasteiger partial charge in [-0.1, -0.05) is 51.1 Å². The predicted molar refractivity (Wildman–Crippen MR) is 118 cm³/mol. The summed E-state index contributed by atoms with van der Waals surface area (Å²) in [5, 5.41) is 3.03. The van der Waals surface area contributed by atoms with Crippen molar-refractivity contribution in [3.63, 3.8) is 0 Å². The highest BCUT2D eigenvalue weighted by Crippen LogP contribution is 2.30. The Morgan fingerprint density at radius 2 is 1.90 bits per heavy atom. The molecule has 1 saturated heterocycles. The second kappa shape index (κ2) is 10.1. The minimum atomic E-state index is -0.220. The van der Waals surface area contributed by atoms with Crippen LogP contribution in [0.25, 0.3) is 0 Å². The van der Waals surface area contributed by atoms with Crippen molar-refractivity contribution in [1.82, 2.24) is 10.2 Å². The van der Waals surface area contributed by atoms with E-state index in [0.717, 1.165) is 43.8 Å². The molecule has 0 bridgehead atoms. The van der Waals surface area contributed by atoms with Gasteiger partial charge in [0.2, 0.25) is 5.91 Å². The lowest BCUT2D eigenvalue weighted by Crippen LogP contribution is -2.43. The molecule has 1 aliphatic heterocycles. The van der Waals surface area contributed by atoms with Gasteiger partial charge in [-0.25, -0.2) is 4.39 Å². The molecular weight excluding hydrogens is 379 g/mol. The monoisotopic (exact) mass is 412 g/mol. The summed E-state index contributed by atoms with van der Waals surface area (Å²) in [5.74, 6) is 0.733. The third-order valence-electron chi connectivity index (χ3n) is 5.55. The number of carbonyl (C=O) groups excluding carboxylic acids is 1. The van der Waals surface area contributed by atoms with Gasteiger partial charge in [0.25, 0.3) is 0 Å². The number of piperidine rings is 1. The summed E-state index contributed by atoms with van der Waals surface area (Å²) in [5.41, 5.74) is 2.25. The van der Waals surface area contributed by atoms with Crippen LogP contribution in [-0.4, -0.2) is 37.0 Å². The lowest BCUT2D eigenvalue weighted by Gasteiger charge is -2.32. The third kappa shape index (κ3) is 6.30. The first-order valence-electron chi connectivity index (χ1n) is 10.8. The van der Waals surface area contributed by atoms with Crippen LogP contribution < -0.4 is 10.1 Å². The van der Waals surface area contributed by atoms with Crippen LogP contribution in [-0.2, 0) is 16.8 Å². The topological polar surface area (TPSA) is 41.6 Å². The summed E-state index contributed by atoms with van der Waals surface area (Å²) >= 11 is 0. The van der Waals surface area contributed by atoms with Crippen molar-refractivity contribution in [2.24, 2.45) is 5.92 Å². The SMILES string of the molecule is CC(C)(C)c1ccccc1OCCNC(=O)C1CCCN(Cc2ccc(F)cc2)C1. The fraction of sp³-hybridized carbons (Fsp3) is 0.480. The van der Waals surface area contributed by atoms with Gasteiger partial charge in [0, 0.05) is 13.1 Å². The molecule has 0 aromatic heterocycles. The molecule has 1 unspecified atom stereocenters. The van der Waals surface area contributed by atoms with E-state index in [2.05, 4.69) is 37.1 Å². The Morgan fingerprint density at radius 1 is 1.17 bits per heavy atom. The molecule has 1 N–H and O–H groups in total. The molecule has 0 aliphatic carbocycles. The van der Waals surface area contributed by atoms with Crippen molar-refractivity contribution >= 4 is 5.91 Å². The molecule has 3 rings (SSSR count). The zero-order chi connectivity index (χ0) is 21.6. The molecule has 1 aliphatic rings. The molecule has 0 spiro atoms. The van der Waals surface area contributed by atoms with Crippen molar-refractivity contribution in [1.29, 1.82) is 0 Å². The number of halogens is 1. The second-order valence-corrected chi connectivity index (χ2v) is 9.09. The molecule has 5 heteroatoms. The summed E-state index contributed by atoms with van der Waals surface area (Å²) in [4.78, 5) is 14.9. The molecule has 2 aromatic carbocycles. The Balaban J connectivity index is 1.44. The van der Waals surface area contributed by atoms with Crippen LogP contribution in [0.4, 0.5) is 4.39 Å². The fourth-order valence-corrected chi connectivity index (χ4v) is 3.95. The highest BCUT2D eigenvalue weighted by Gasteiger charge is 2.25. The summed E-state index contributed by atoms with van der Waals surface area (Å²) < 4.78 is 19.0. The first-order valence-corrected chi connectivity index (χ1v) is 10.8. The van der Waals surface area contributed by atoms with Crippen LogP contribution in [0.15, 0.2) is 48.5 Å². The van der Waals surface area contributed by atoms with E-state index >= 15 is 0 Å². The van der Waals surface area contributed by atoms with Crippen LogP contribution in [0, 0.1) is 11.7 Å². The number of nitrogens with zero attached hydrogens (tertiary/aromatic N) is 1. The van der Waals surface area contributed by atoms with E-state index in [1.165, 1.54) is 17.7 Å². The summed E-state index contributed by atoms with van der Waals surface area (Å²) in [6, 6.07) is 14.7. The van der Waals surface area contributed by atoms with Crippen molar-refractivity contribution in [3.05, 3.63) is 65.5 Å². The normalized spacial score (nSPS) is 17.5. The number of rotatable bonds is 7. The maximum Gasteiger partial charge on any atom is 0.224 e. The molecule has 1 heterocycles. The van der Waals surface area contributed by atoms with Gasteiger partial charge in [0.05, 0.1) is 12.5 Å². The van der Waals surface area contributed by atoms with Crippen molar-refractivity contribution in [2.75, 3.05) is 26.2 Å². The number of benzene rings is 2. The van der Waals surface area contributed by atoms with E-state index in [1.54, 1.807) is 0 Å². The van der Waals surface area contributed by atoms with Crippen molar-refractivity contribution in [2.45, 2.75) is 45.6 Å². The minimum Gasteiger partial charge on any atom is -0.491 e. The number of nitrogens with one attached hydrogen (secondary N) is 1. The number of amides is 1. The average Bonchev–Trinajstić information content (AvgIpc) is 2.72. The van der Waals surface area contributed by atoms with Crippen molar-refractivity contribution < 1.29 is 13.9 Å². The first kappa shape index (κ1) is 22.3. The summed E-state index contributed by atoms with van der Waals surface area (Å²) in [6.07, 6.45) is 1.90. The Kier molecular flexibility index (Phi) is 7.48. The number of hydrogen-bond donors (Lipinski definition) is 1. The maximum absolute atomic E-state index is 13.1. The van der Waals surface area contributed by atoms with Crippen LogP contribution >= 0.6 is 0 Å². The second-order valence-electron chi connectivity index (χ2n) is 9.09. The van der Waals surface area contributed by atoms with Gasteiger partial charge in [0.15, 0.2) is 0 Å². The van der Waals surface area contributed by atoms with Gasteiger partial charge < -0.3 is 10.1 Å². The van der Waals surface area contributed by atoms with E-state index in [-0.39, 0.29) is 23.1 Å². The molecule has 30 heavy (non-hydrogen) atoms. The molecule has 0 saturated carbocycles. The molecule has 4 nitrogen and oxygen atoms in total. The lowest BCUT2D eigenvalue weighted by molar-refractivity contribution is -0.126. The van der Waals surface area contributed by atoms with E-state index in [9.17, 15) is 9.18 Å². The average molecular weight is 413 g/mol. The highest BCUT2D eigenvalue weighted by atomic mass is 19.1. The first-order chi connectivity index (χ1) is 14.3. The number of ether oxygens (including phenoxy) is 1. The maximum atomic E-state index is 13.1. The van der Waals surface area contributed by atoms with E-state index in [4.69, 9.17) is 4.74 Å². The van der Waals surface area contributed by atoms with Gasteiger partial charge >= 0.3 is 0 Å². The van der Waals surface area contributed by atoms with Gasteiger partial charge in [0.1, 0.15) is 18.2 Å². The quantitative estimate of drug-likeness (QED) is 0.680. The van der Waals surface area contributed by atoms with Crippen LogP contribution in [0.5, 0.6) is 5.75 Å². The molecule has 0 radical (unpaired) electrons. The third-order valence-corrected chi connectivity index (χ3v) is 5.55. The van der Waals surface area contributed by atoms with Crippen LogP contribution in [0.2, 0.25) is 0 Å². The summed E-state index contributed by atoms with van der Waals surface area (Å²) in [6.45, 7) is 9.88. The zero-order valence-corrected chi connectivity index (χ0v) is 18.3. The molecule has 1 amide bonds. The molecule has 2 aromatic rings. The fourth-order valence-electron chi connectivity index (χ4n) is 3.95. The lowest BCUT2D eigenvalue weighted by atomic mass is 9.86. The Morgan fingerprint density at radius 3 is 2.63 bits per heavy atom. The van der Waals surface area contributed by atoms with Crippen LogP contribution in [0.3, 0.4) is 0 Å². The number of para-hydroxylation sites is 1. The zero-order valence-electron chi connectivity index (χ0n) is 18.3. The number of carbonyl (C=O) groups is 1. The van der Waals surface area contributed by atoms with Gasteiger partial charge in [-0.05, 0) is 54.1 Å². The van der Waals surface area contributed by atoms with Crippen LogP contribution in [0.1, 0.15) is 44.7 Å². The molecule has 162 valence electrons. The largest absolute Gasteiger partial charge is 0.491 e. The Bertz CT molecular complexity index is 830. The highest BCUT2D eigenvalue weighted by molar-refractivity contribution is 5.78. The van der Waals surface area contributed by atoms with E-state index in [1.807, 2.05) is 30.3 Å². The number of likely N-dealkylation sites (tertiary alicyclic amines) is 1. The van der Waals surface area contributed by atoms with E-state index < -0.39 is 0 Å². The van der Waals surface area contributed by atoms with Gasteiger partial charge in [-0.3, -0.25) is 9.69 Å². The van der Waals surface area contributed by atoms with Gasteiger partial charge in [-0.2, -0.15) is 0 Å².